The molecule has 5 nitrogen and oxygen atoms in total. The number of aliphatic carboxylic acids is 1. The Morgan fingerprint density at radius 1 is 1.46 bits per heavy atom. The lowest BCUT2D eigenvalue weighted by Gasteiger charge is -2.03. The summed E-state index contributed by atoms with van der Waals surface area (Å²) in [7, 11) is -3.36. The zero-order chi connectivity index (χ0) is 9.90. The average molecular weight is 207 g/mol. The van der Waals surface area contributed by atoms with Crippen LogP contribution in [-0.4, -0.2) is 31.8 Å². The van der Waals surface area contributed by atoms with Gasteiger partial charge in [-0.25, -0.2) is 13.1 Å². The molecule has 1 saturated carbocycles. The highest BCUT2D eigenvalue weighted by Crippen LogP contribution is 2.27. The zero-order valence-electron chi connectivity index (χ0n) is 7.19. The molecule has 1 aliphatic carbocycles. The van der Waals surface area contributed by atoms with E-state index in [9.17, 15) is 13.2 Å². The molecule has 0 aromatic heterocycles. The highest BCUT2D eigenvalue weighted by molar-refractivity contribution is 7.89. The standard InChI is InChI=1S/C7H13NO4S/c9-7(10)3-4-13(11,12)8-5-6-1-2-6/h6,8H,1-5H2,(H,9,10). The van der Waals surface area contributed by atoms with E-state index < -0.39 is 16.0 Å². The molecule has 1 aliphatic rings. The van der Waals surface area contributed by atoms with Gasteiger partial charge in [-0.2, -0.15) is 0 Å². The van der Waals surface area contributed by atoms with Crippen LogP contribution in [-0.2, 0) is 14.8 Å². The van der Waals surface area contributed by atoms with Crippen LogP contribution >= 0.6 is 0 Å². The lowest BCUT2D eigenvalue weighted by Crippen LogP contribution is -2.29. The van der Waals surface area contributed by atoms with Gasteiger partial charge in [-0.15, -0.1) is 0 Å². The number of hydrogen-bond acceptors (Lipinski definition) is 3. The summed E-state index contributed by atoms with van der Waals surface area (Å²) in [4.78, 5) is 10.1. The van der Waals surface area contributed by atoms with E-state index in [1.54, 1.807) is 0 Å². The van der Waals surface area contributed by atoms with E-state index in [0.717, 1.165) is 12.8 Å². The molecule has 0 amide bonds. The highest BCUT2D eigenvalue weighted by atomic mass is 32.2. The second-order valence-corrected chi connectivity index (χ2v) is 5.18. The second kappa shape index (κ2) is 4.06. The molecule has 1 rings (SSSR count). The molecule has 13 heavy (non-hydrogen) atoms. The van der Waals surface area contributed by atoms with Crippen LogP contribution in [0.2, 0.25) is 0 Å². The number of carboxylic acids is 1. The fourth-order valence-corrected chi connectivity index (χ4v) is 1.94. The molecule has 0 atom stereocenters. The summed E-state index contributed by atoms with van der Waals surface area (Å²) in [6.07, 6.45) is 1.81. The minimum absolute atomic E-state index is 0.324. The molecule has 0 radical (unpaired) electrons. The molecular weight excluding hydrogens is 194 g/mol. The van der Waals surface area contributed by atoms with E-state index in [1.165, 1.54) is 0 Å². The normalized spacial score (nSPS) is 17.2. The Bertz CT molecular complexity index is 281. The smallest absolute Gasteiger partial charge is 0.304 e. The number of hydrogen-bond donors (Lipinski definition) is 2. The van der Waals surface area contributed by atoms with Gasteiger partial charge in [-0.3, -0.25) is 4.79 Å². The van der Waals surface area contributed by atoms with Gasteiger partial charge < -0.3 is 5.11 Å². The summed E-state index contributed by atoms with van der Waals surface area (Å²) < 4.78 is 24.6. The molecular formula is C7H13NO4S. The second-order valence-electron chi connectivity index (χ2n) is 3.25. The minimum atomic E-state index is -3.36. The highest BCUT2D eigenvalue weighted by Gasteiger charge is 2.23. The van der Waals surface area contributed by atoms with E-state index in [0.29, 0.717) is 12.5 Å². The first-order chi connectivity index (χ1) is 5.99. The van der Waals surface area contributed by atoms with Gasteiger partial charge in [0.05, 0.1) is 12.2 Å². The van der Waals surface area contributed by atoms with E-state index in [2.05, 4.69) is 4.72 Å². The topological polar surface area (TPSA) is 83.5 Å². The zero-order valence-corrected chi connectivity index (χ0v) is 8.01. The summed E-state index contributed by atoms with van der Waals surface area (Å²) >= 11 is 0. The quantitative estimate of drug-likeness (QED) is 0.631. The minimum Gasteiger partial charge on any atom is -0.481 e. The first-order valence-electron chi connectivity index (χ1n) is 4.19. The van der Waals surface area contributed by atoms with Gasteiger partial charge in [0.25, 0.3) is 0 Å². The molecule has 0 unspecified atom stereocenters. The van der Waals surface area contributed by atoms with Gasteiger partial charge in [0.15, 0.2) is 0 Å². The third-order valence-electron chi connectivity index (χ3n) is 1.87. The van der Waals surface area contributed by atoms with E-state index in [1.807, 2.05) is 0 Å². The van der Waals surface area contributed by atoms with Crippen molar-refractivity contribution in [2.45, 2.75) is 19.3 Å². The Balaban J connectivity index is 2.23. The predicted molar refractivity (Wildman–Crippen MR) is 46.8 cm³/mol. The van der Waals surface area contributed by atoms with Crippen molar-refractivity contribution >= 4 is 16.0 Å². The maximum Gasteiger partial charge on any atom is 0.304 e. The Morgan fingerprint density at radius 3 is 2.54 bits per heavy atom. The van der Waals surface area contributed by atoms with E-state index in [4.69, 9.17) is 5.11 Å². The summed E-state index contributed by atoms with van der Waals surface area (Å²) in [5.41, 5.74) is 0. The summed E-state index contributed by atoms with van der Waals surface area (Å²) in [6, 6.07) is 0. The fraction of sp³-hybridized carbons (Fsp3) is 0.857. The lowest BCUT2D eigenvalue weighted by atomic mass is 10.4. The monoisotopic (exact) mass is 207 g/mol. The molecule has 0 aromatic carbocycles. The molecule has 1 fully saturated rings. The first kappa shape index (κ1) is 10.5. The SMILES string of the molecule is O=C(O)CCS(=O)(=O)NCC1CC1. The average Bonchev–Trinajstić information content (AvgIpc) is 2.81. The first-order valence-corrected chi connectivity index (χ1v) is 5.84. The van der Waals surface area contributed by atoms with Crippen LogP contribution in [0, 0.1) is 5.92 Å². The summed E-state index contributed by atoms with van der Waals surface area (Å²) in [5, 5.41) is 8.27. The Labute approximate surface area is 77.2 Å². The van der Waals surface area contributed by atoms with Gasteiger partial charge in [0, 0.05) is 6.54 Å². The molecule has 6 heteroatoms. The van der Waals surface area contributed by atoms with Crippen LogP contribution in [0.15, 0.2) is 0 Å². The van der Waals surface area contributed by atoms with Crippen molar-refractivity contribution in [3.8, 4) is 0 Å². The summed E-state index contributed by atoms with van der Waals surface area (Å²) in [6.45, 7) is 0.460. The number of rotatable bonds is 6. The molecule has 0 aromatic rings. The number of carbonyl (C=O) groups is 1. The molecule has 0 saturated heterocycles. The predicted octanol–water partition coefficient (Wildman–Crippen LogP) is -0.210. The Kier molecular flexibility index (Phi) is 3.27. The molecule has 0 heterocycles. The van der Waals surface area contributed by atoms with Crippen LogP contribution in [0.25, 0.3) is 0 Å². The molecule has 2 N–H and O–H groups in total. The Morgan fingerprint density at radius 2 is 2.08 bits per heavy atom. The number of sulfonamides is 1. The van der Waals surface area contributed by atoms with Crippen molar-refractivity contribution in [1.82, 2.24) is 4.72 Å². The summed E-state index contributed by atoms with van der Waals surface area (Å²) in [5.74, 6) is -0.939. The van der Waals surface area contributed by atoms with E-state index >= 15 is 0 Å². The maximum absolute atomic E-state index is 11.1. The van der Waals surface area contributed by atoms with Crippen LogP contribution in [0.5, 0.6) is 0 Å². The van der Waals surface area contributed by atoms with Crippen LogP contribution < -0.4 is 4.72 Å². The Hall–Kier alpha value is -0.620. The third kappa shape index (κ3) is 4.84. The molecule has 0 aliphatic heterocycles. The van der Waals surface area contributed by atoms with Gasteiger partial charge in [-0.05, 0) is 18.8 Å². The van der Waals surface area contributed by atoms with Crippen LogP contribution in [0.4, 0.5) is 0 Å². The number of carboxylic acid groups (broad SMARTS) is 1. The van der Waals surface area contributed by atoms with Gasteiger partial charge in [-0.1, -0.05) is 0 Å². The van der Waals surface area contributed by atoms with E-state index in [-0.39, 0.29) is 12.2 Å². The van der Waals surface area contributed by atoms with Crippen molar-refractivity contribution in [1.29, 1.82) is 0 Å². The van der Waals surface area contributed by atoms with Crippen molar-refractivity contribution in [3.63, 3.8) is 0 Å². The molecule has 0 spiro atoms. The van der Waals surface area contributed by atoms with Gasteiger partial charge >= 0.3 is 5.97 Å². The number of nitrogens with one attached hydrogen (secondary N) is 1. The largest absolute Gasteiger partial charge is 0.481 e. The molecule has 76 valence electrons. The van der Waals surface area contributed by atoms with Crippen molar-refractivity contribution in [3.05, 3.63) is 0 Å². The third-order valence-corrected chi connectivity index (χ3v) is 3.22. The molecule has 0 bridgehead atoms. The van der Waals surface area contributed by atoms with Crippen molar-refractivity contribution in [2.75, 3.05) is 12.3 Å². The van der Waals surface area contributed by atoms with Crippen molar-refractivity contribution in [2.24, 2.45) is 5.92 Å². The lowest BCUT2D eigenvalue weighted by molar-refractivity contribution is -0.136. The van der Waals surface area contributed by atoms with Gasteiger partial charge in [0.2, 0.25) is 10.0 Å². The van der Waals surface area contributed by atoms with Gasteiger partial charge in [0.1, 0.15) is 0 Å². The van der Waals surface area contributed by atoms with Crippen LogP contribution in [0.3, 0.4) is 0 Å². The van der Waals surface area contributed by atoms with Crippen molar-refractivity contribution < 1.29 is 18.3 Å². The fourth-order valence-electron chi connectivity index (χ4n) is 0.861. The van der Waals surface area contributed by atoms with Crippen LogP contribution in [0.1, 0.15) is 19.3 Å². The maximum atomic E-state index is 11.1.